The van der Waals surface area contributed by atoms with Crippen molar-refractivity contribution >= 4 is 33.1 Å². The standard InChI is InChI=1S/C16H22N8S/c1-2-6-22-7-3-11-12(10-22)25-15-13(11)14(23-8-4-17-5-9-23)18-16-19-20-21-24(15)16/h17H,2-10H2,1H3/p+2. The van der Waals surface area contributed by atoms with E-state index in [9.17, 15) is 0 Å². The van der Waals surface area contributed by atoms with Crippen LogP contribution in [0, 0.1) is 0 Å². The highest BCUT2D eigenvalue weighted by molar-refractivity contribution is 7.19. The average Bonchev–Trinajstić information content (AvgIpc) is 3.25. The van der Waals surface area contributed by atoms with Crippen LogP contribution in [0.15, 0.2) is 0 Å². The maximum atomic E-state index is 4.86. The highest BCUT2D eigenvalue weighted by atomic mass is 32.1. The van der Waals surface area contributed by atoms with Crippen LogP contribution in [0.25, 0.3) is 16.0 Å². The Labute approximate surface area is 149 Å². The van der Waals surface area contributed by atoms with E-state index in [4.69, 9.17) is 4.98 Å². The predicted octanol–water partition coefficient (Wildman–Crippen LogP) is -1.53. The minimum Gasteiger partial charge on any atom is -0.345 e. The molecule has 9 heteroatoms. The van der Waals surface area contributed by atoms with Crippen LogP contribution in [0.1, 0.15) is 23.8 Å². The van der Waals surface area contributed by atoms with E-state index >= 15 is 0 Å². The van der Waals surface area contributed by atoms with Crippen LogP contribution in [0.2, 0.25) is 0 Å². The van der Waals surface area contributed by atoms with Gasteiger partial charge >= 0.3 is 0 Å². The fraction of sp³-hybridized carbons (Fsp3) is 0.625. The quantitative estimate of drug-likeness (QED) is 0.592. The summed E-state index contributed by atoms with van der Waals surface area (Å²) in [5.74, 6) is 1.72. The van der Waals surface area contributed by atoms with Crippen molar-refractivity contribution < 1.29 is 10.2 Å². The monoisotopic (exact) mass is 360 g/mol. The first-order valence-electron chi connectivity index (χ1n) is 9.27. The summed E-state index contributed by atoms with van der Waals surface area (Å²) < 4.78 is 1.83. The molecule has 5 heterocycles. The third-order valence-electron chi connectivity index (χ3n) is 5.40. The van der Waals surface area contributed by atoms with Gasteiger partial charge in [0.15, 0.2) is 0 Å². The van der Waals surface area contributed by atoms with Gasteiger partial charge in [0.05, 0.1) is 49.5 Å². The second kappa shape index (κ2) is 6.15. The zero-order valence-corrected chi connectivity index (χ0v) is 15.3. The number of rotatable bonds is 3. The van der Waals surface area contributed by atoms with Crippen molar-refractivity contribution in [2.24, 2.45) is 0 Å². The molecule has 0 aromatic carbocycles. The number of thiophene rings is 1. The van der Waals surface area contributed by atoms with Gasteiger partial charge in [-0.2, -0.15) is 9.50 Å². The molecule has 5 rings (SSSR count). The number of tetrazole rings is 1. The fourth-order valence-corrected chi connectivity index (χ4v) is 5.55. The molecule has 0 spiro atoms. The van der Waals surface area contributed by atoms with E-state index in [0.29, 0.717) is 5.78 Å². The van der Waals surface area contributed by atoms with Gasteiger partial charge in [0, 0.05) is 6.42 Å². The van der Waals surface area contributed by atoms with Crippen LogP contribution in [0.5, 0.6) is 0 Å². The van der Waals surface area contributed by atoms with E-state index in [0.717, 1.165) is 45.0 Å². The van der Waals surface area contributed by atoms with Gasteiger partial charge in [-0.25, -0.2) is 0 Å². The van der Waals surface area contributed by atoms with Crippen LogP contribution >= 0.6 is 11.3 Å². The molecule has 1 unspecified atom stereocenters. The van der Waals surface area contributed by atoms with Crippen molar-refractivity contribution in [3.8, 4) is 0 Å². The summed E-state index contributed by atoms with van der Waals surface area (Å²) in [5.41, 5.74) is 1.49. The van der Waals surface area contributed by atoms with E-state index < -0.39 is 0 Å². The molecule has 2 aliphatic rings. The Morgan fingerprint density at radius 1 is 1.28 bits per heavy atom. The highest BCUT2D eigenvalue weighted by Crippen LogP contribution is 2.37. The van der Waals surface area contributed by atoms with Gasteiger partial charge in [-0.3, -0.25) is 0 Å². The molecule has 0 amide bonds. The zero-order chi connectivity index (χ0) is 16.8. The molecule has 0 bridgehead atoms. The van der Waals surface area contributed by atoms with E-state index in [-0.39, 0.29) is 0 Å². The number of fused-ring (bicyclic) bond motifs is 5. The SMILES string of the molecule is CCC[NH+]1CCc2c(sc3c2c(N2CC[NH2+]CC2)nc2nnnn23)C1. The third kappa shape index (κ3) is 2.49. The van der Waals surface area contributed by atoms with E-state index in [2.05, 4.69) is 32.7 Å². The normalized spacial score (nSPS) is 21.2. The van der Waals surface area contributed by atoms with E-state index in [1.54, 1.807) is 4.90 Å². The van der Waals surface area contributed by atoms with Crippen LogP contribution in [0.4, 0.5) is 5.82 Å². The second-order valence-electron chi connectivity index (χ2n) is 7.04. The molecule has 1 atom stereocenters. The minimum absolute atomic E-state index is 0.619. The van der Waals surface area contributed by atoms with Crippen molar-refractivity contribution in [1.82, 2.24) is 25.0 Å². The van der Waals surface area contributed by atoms with Crippen molar-refractivity contribution in [2.75, 3.05) is 44.2 Å². The molecule has 0 aliphatic carbocycles. The molecule has 3 aromatic rings. The lowest BCUT2D eigenvalue weighted by atomic mass is 10.0. The molecule has 3 aromatic heterocycles. The zero-order valence-electron chi connectivity index (χ0n) is 14.5. The smallest absolute Gasteiger partial charge is 0.276 e. The number of quaternary nitrogens is 2. The van der Waals surface area contributed by atoms with Gasteiger partial charge < -0.3 is 15.1 Å². The Morgan fingerprint density at radius 3 is 3.00 bits per heavy atom. The van der Waals surface area contributed by atoms with Crippen molar-refractivity contribution in [3.05, 3.63) is 10.4 Å². The number of nitrogens with two attached hydrogens (primary N) is 1. The van der Waals surface area contributed by atoms with Gasteiger partial charge in [0.1, 0.15) is 17.2 Å². The van der Waals surface area contributed by atoms with Gasteiger partial charge in [0.25, 0.3) is 5.78 Å². The molecule has 132 valence electrons. The Hall–Kier alpha value is -1.84. The Balaban J connectivity index is 1.70. The summed E-state index contributed by atoms with van der Waals surface area (Å²) >= 11 is 1.87. The van der Waals surface area contributed by atoms with Gasteiger partial charge in [0.2, 0.25) is 0 Å². The maximum Gasteiger partial charge on any atom is 0.276 e. The first-order valence-corrected chi connectivity index (χ1v) is 10.1. The molecule has 8 nitrogen and oxygen atoms in total. The summed E-state index contributed by atoms with van der Waals surface area (Å²) in [6, 6.07) is 0. The second-order valence-corrected chi connectivity index (χ2v) is 8.12. The molecule has 2 aliphatic heterocycles. The molecule has 3 N–H and O–H groups in total. The minimum atomic E-state index is 0.619. The molecule has 1 saturated heterocycles. The van der Waals surface area contributed by atoms with E-state index in [1.165, 1.54) is 40.2 Å². The number of hydrogen-bond acceptors (Lipinski definition) is 6. The maximum absolute atomic E-state index is 4.86. The third-order valence-corrected chi connectivity index (χ3v) is 6.60. The van der Waals surface area contributed by atoms with Gasteiger partial charge in [-0.05, 0) is 22.4 Å². The number of anilines is 1. The lowest BCUT2D eigenvalue weighted by Gasteiger charge is -2.28. The summed E-state index contributed by atoms with van der Waals surface area (Å²) in [6.45, 7) is 10.2. The fourth-order valence-electron chi connectivity index (χ4n) is 4.19. The molecular weight excluding hydrogens is 336 g/mol. The number of hydrogen-bond donors (Lipinski definition) is 2. The first-order chi connectivity index (χ1) is 12.3. The topological polar surface area (TPSA) is 80.3 Å². The Morgan fingerprint density at radius 2 is 2.16 bits per heavy atom. The number of nitrogens with zero attached hydrogens (tertiary/aromatic N) is 6. The summed E-state index contributed by atoms with van der Waals surface area (Å²) in [5, 5.41) is 15.9. The van der Waals surface area contributed by atoms with Crippen LogP contribution in [-0.4, -0.2) is 64.3 Å². The molecule has 0 saturated carbocycles. The number of nitrogens with one attached hydrogen (secondary N) is 1. The highest BCUT2D eigenvalue weighted by Gasteiger charge is 2.29. The Bertz CT molecular complexity index is 910. The average molecular weight is 360 g/mol. The molecule has 0 radical (unpaired) electrons. The van der Waals surface area contributed by atoms with Crippen molar-refractivity contribution in [2.45, 2.75) is 26.3 Å². The largest absolute Gasteiger partial charge is 0.345 e. The molecule has 1 fully saturated rings. The summed E-state index contributed by atoms with van der Waals surface area (Å²) in [4.78, 5) is 11.6. The summed E-state index contributed by atoms with van der Waals surface area (Å²) in [7, 11) is 0. The lowest BCUT2D eigenvalue weighted by molar-refractivity contribution is -0.915. The number of aromatic nitrogens is 5. The predicted molar refractivity (Wildman–Crippen MR) is 96.2 cm³/mol. The van der Waals surface area contributed by atoms with Crippen molar-refractivity contribution in [1.29, 1.82) is 0 Å². The van der Waals surface area contributed by atoms with Crippen molar-refractivity contribution in [3.63, 3.8) is 0 Å². The van der Waals surface area contributed by atoms with E-state index in [1.807, 2.05) is 15.9 Å². The number of piperazine rings is 1. The van der Waals surface area contributed by atoms with Gasteiger partial charge in [-0.15, -0.1) is 11.3 Å². The van der Waals surface area contributed by atoms with Crippen LogP contribution in [0.3, 0.4) is 0 Å². The molecule has 25 heavy (non-hydrogen) atoms. The Kier molecular flexibility index (Phi) is 3.79. The van der Waals surface area contributed by atoms with Gasteiger partial charge in [-0.1, -0.05) is 12.0 Å². The van der Waals surface area contributed by atoms with Crippen LogP contribution < -0.4 is 15.1 Å². The van der Waals surface area contributed by atoms with Crippen LogP contribution in [-0.2, 0) is 13.0 Å². The molecular formula is C16H24N8S+2. The first kappa shape index (κ1) is 15.4. The lowest BCUT2D eigenvalue weighted by Crippen LogP contribution is -3.11. The summed E-state index contributed by atoms with van der Waals surface area (Å²) in [6.07, 6.45) is 2.37.